The van der Waals surface area contributed by atoms with E-state index in [1.165, 1.54) is 0 Å². The van der Waals surface area contributed by atoms with E-state index in [1.54, 1.807) is 32.2 Å². The van der Waals surface area contributed by atoms with Crippen molar-refractivity contribution in [2.24, 2.45) is 0 Å². The molecule has 0 saturated heterocycles. The van der Waals surface area contributed by atoms with Crippen LogP contribution in [0.15, 0.2) is 36.2 Å². The molecule has 0 radical (unpaired) electrons. The van der Waals surface area contributed by atoms with E-state index in [-0.39, 0.29) is 19.0 Å². The maximum atomic E-state index is 12.5. The lowest BCUT2D eigenvalue weighted by atomic mass is 10.2. The summed E-state index contributed by atoms with van der Waals surface area (Å²) in [5.74, 6) is 0.266. The zero-order valence-corrected chi connectivity index (χ0v) is 14.3. The number of rotatable bonds is 10. The molecule has 0 aliphatic carbocycles. The molecule has 5 nitrogen and oxygen atoms in total. The number of phosphoric acid groups is 1. The van der Waals surface area contributed by atoms with Crippen molar-refractivity contribution < 1.29 is 18.1 Å². The Labute approximate surface area is 132 Å². The molecule has 0 atom stereocenters. The fraction of sp³-hybridized carbons (Fsp3) is 0.500. The highest BCUT2D eigenvalue weighted by Gasteiger charge is 2.29. The van der Waals surface area contributed by atoms with Crippen molar-refractivity contribution >= 4 is 13.6 Å². The number of phosphoric ester groups is 1. The molecule has 1 aromatic heterocycles. The van der Waals surface area contributed by atoms with Crippen molar-refractivity contribution in [1.82, 2.24) is 4.98 Å². The van der Waals surface area contributed by atoms with Crippen LogP contribution >= 0.6 is 7.82 Å². The Morgan fingerprint density at radius 3 is 2.55 bits per heavy atom. The lowest BCUT2D eigenvalue weighted by molar-refractivity contribution is 0.159. The fourth-order valence-corrected chi connectivity index (χ4v) is 2.82. The number of nitrogens with zero attached hydrogens (tertiary/aromatic N) is 1. The number of hydrogen-bond donors (Lipinski definition) is 0. The van der Waals surface area contributed by atoms with Gasteiger partial charge in [0.05, 0.1) is 13.2 Å². The molecule has 0 aliphatic rings. The number of aromatic nitrogens is 1. The van der Waals surface area contributed by atoms with Gasteiger partial charge in [0.15, 0.2) is 5.76 Å². The van der Waals surface area contributed by atoms with Crippen LogP contribution in [0.5, 0.6) is 0 Å². The van der Waals surface area contributed by atoms with Gasteiger partial charge in [-0.15, -0.1) is 0 Å². The Bertz CT molecular complexity index is 528. The SMILES string of the molecule is CCCCC=C=C(OP(=O)(OCC)OCC)c1ccccn1. The van der Waals surface area contributed by atoms with Crippen LogP contribution in [0.2, 0.25) is 0 Å². The molecule has 1 rings (SSSR count). The van der Waals surface area contributed by atoms with E-state index in [4.69, 9.17) is 13.6 Å². The van der Waals surface area contributed by atoms with Gasteiger partial charge in [-0.05, 0) is 44.9 Å². The van der Waals surface area contributed by atoms with E-state index >= 15 is 0 Å². The molecule has 0 spiro atoms. The molecule has 0 bridgehead atoms. The lowest BCUT2D eigenvalue weighted by Crippen LogP contribution is -2.00. The molecule has 0 amide bonds. The largest absolute Gasteiger partial charge is 0.530 e. The van der Waals surface area contributed by atoms with Crippen molar-refractivity contribution in [3.63, 3.8) is 0 Å². The highest BCUT2D eigenvalue weighted by Crippen LogP contribution is 2.52. The van der Waals surface area contributed by atoms with Gasteiger partial charge in [-0.1, -0.05) is 25.1 Å². The lowest BCUT2D eigenvalue weighted by Gasteiger charge is -2.17. The van der Waals surface area contributed by atoms with Gasteiger partial charge >= 0.3 is 7.82 Å². The Balaban J connectivity index is 3.05. The van der Waals surface area contributed by atoms with Crippen LogP contribution in [0, 0.1) is 0 Å². The Hall–Kier alpha value is -1.38. The van der Waals surface area contributed by atoms with Crippen molar-refractivity contribution in [2.45, 2.75) is 40.0 Å². The first-order valence-electron chi connectivity index (χ1n) is 7.60. The monoisotopic (exact) mass is 325 g/mol. The summed E-state index contributed by atoms with van der Waals surface area (Å²) in [6.07, 6.45) is 6.50. The summed E-state index contributed by atoms with van der Waals surface area (Å²) in [5.41, 5.74) is 3.55. The summed E-state index contributed by atoms with van der Waals surface area (Å²) >= 11 is 0. The molecule has 22 heavy (non-hydrogen) atoms. The zero-order chi connectivity index (χ0) is 16.3. The predicted molar refractivity (Wildman–Crippen MR) is 87.2 cm³/mol. The number of pyridine rings is 1. The van der Waals surface area contributed by atoms with E-state index in [9.17, 15) is 4.57 Å². The van der Waals surface area contributed by atoms with Crippen LogP contribution in [-0.2, 0) is 18.1 Å². The Morgan fingerprint density at radius 2 is 2.00 bits per heavy atom. The molecule has 122 valence electrons. The summed E-state index contributed by atoms with van der Waals surface area (Å²) in [6, 6.07) is 5.39. The van der Waals surface area contributed by atoms with Gasteiger partial charge in [-0.3, -0.25) is 14.0 Å². The van der Waals surface area contributed by atoms with Crippen LogP contribution in [0.3, 0.4) is 0 Å². The van der Waals surface area contributed by atoms with Crippen LogP contribution in [0.1, 0.15) is 45.7 Å². The van der Waals surface area contributed by atoms with Crippen LogP contribution in [0.25, 0.3) is 5.76 Å². The Kier molecular flexibility index (Phi) is 8.79. The van der Waals surface area contributed by atoms with Gasteiger partial charge in [0.2, 0.25) is 0 Å². The molecular weight excluding hydrogens is 301 g/mol. The van der Waals surface area contributed by atoms with E-state index in [0.29, 0.717) is 5.69 Å². The zero-order valence-electron chi connectivity index (χ0n) is 13.4. The van der Waals surface area contributed by atoms with E-state index < -0.39 is 7.82 Å². The van der Waals surface area contributed by atoms with Crippen LogP contribution in [-0.4, -0.2) is 18.2 Å². The summed E-state index contributed by atoms with van der Waals surface area (Å²) < 4.78 is 28.3. The maximum absolute atomic E-state index is 12.5. The Morgan fingerprint density at radius 1 is 1.27 bits per heavy atom. The van der Waals surface area contributed by atoms with Crippen molar-refractivity contribution in [3.8, 4) is 0 Å². The quantitative estimate of drug-likeness (QED) is 0.263. The minimum atomic E-state index is -3.66. The van der Waals surface area contributed by atoms with Crippen LogP contribution in [0.4, 0.5) is 0 Å². The first-order valence-corrected chi connectivity index (χ1v) is 9.06. The molecule has 6 heteroatoms. The number of hydrogen-bond acceptors (Lipinski definition) is 5. The number of allylic oxidation sites excluding steroid dienone is 1. The molecule has 0 aliphatic heterocycles. The third-order valence-corrected chi connectivity index (χ3v) is 4.17. The molecule has 0 saturated carbocycles. The molecular formula is C16H24NO4P. The second-order valence-corrected chi connectivity index (χ2v) is 6.00. The molecule has 1 aromatic rings. The van der Waals surface area contributed by atoms with E-state index in [2.05, 4.69) is 17.6 Å². The predicted octanol–water partition coefficient (Wildman–Crippen LogP) is 4.97. The summed E-state index contributed by atoms with van der Waals surface area (Å²) in [4.78, 5) is 4.21. The molecule has 0 N–H and O–H groups in total. The topological polar surface area (TPSA) is 57.7 Å². The smallest absolute Gasteiger partial charge is 0.393 e. The first-order chi connectivity index (χ1) is 10.6. The minimum Gasteiger partial charge on any atom is -0.393 e. The van der Waals surface area contributed by atoms with E-state index in [0.717, 1.165) is 19.3 Å². The molecule has 0 unspecified atom stereocenters. The fourth-order valence-electron chi connectivity index (χ4n) is 1.63. The van der Waals surface area contributed by atoms with E-state index in [1.807, 2.05) is 12.1 Å². The number of unbranched alkanes of at least 4 members (excludes halogenated alkanes) is 2. The standard InChI is InChI=1S/C16H24NO4P/c1-4-7-8-9-13-16(15-12-10-11-14-17-15)21-22(18,19-5-2)20-6-3/h9-12,14H,4-8H2,1-3H3. The summed E-state index contributed by atoms with van der Waals surface area (Å²) in [6.45, 7) is 6.04. The van der Waals surface area contributed by atoms with Gasteiger partial charge < -0.3 is 4.52 Å². The first kappa shape index (κ1) is 18.7. The van der Waals surface area contributed by atoms with Gasteiger partial charge in [0.25, 0.3) is 0 Å². The van der Waals surface area contributed by atoms with Crippen LogP contribution < -0.4 is 0 Å². The average Bonchev–Trinajstić information content (AvgIpc) is 2.52. The van der Waals surface area contributed by atoms with Gasteiger partial charge in [-0.25, -0.2) is 4.57 Å². The minimum absolute atomic E-state index is 0.228. The second kappa shape index (κ2) is 10.4. The third kappa shape index (κ3) is 6.59. The summed E-state index contributed by atoms with van der Waals surface area (Å²) in [5, 5.41) is 0. The third-order valence-electron chi connectivity index (χ3n) is 2.61. The van der Waals surface area contributed by atoms with Gasteiger partial charge in [0.1, 0.15) is 5.69 Å². The maximum Gasteiger partial charge on any atom is 0.530 e. The highest BCUT2D eigenvalue weighted by molar-refractivity contribution is 7.48. The molecule has 1 heterocycles. The van der Waals surface area contributed by atoms with Crippen molar-refractivity contribution in [2.75, 3.05) is 13.2 Å². The highest BCUT2D eigenvalue weighted by atomic mass is 31.2. The summed E-state index contributed by atoms with van der Waals surface area (Å²) in [7, 11) is -3.66. The molecule has 0 fully saturated rings. The van der Waals surface area contributed by atoms with Crippen molar-refractivity contribution in [1.29, 1.82) is 0 Å². The van der Waals surface area contributed by atoms with Gasteiger partial charge in [0, 0.05) is 6.20 Å². The molecule has 0 aromatic carbocycles. The van der Waals surface area contributed by atoms with Crippen molar-refractivity contribution in [3.05, 3.63) is 41.9 Å². The average molecular weight is 325 g/mol. The normalized spacial score (nSPS) is 10.9. The van der Waals surface area contributed by atoms with Gasteiger partial charge in [-0.2, -0.15) is 0 Å². The second-order valence-electron chi connectivity index (χ2n) is 4.41.